The molecule has 1 saturated carbocycles. The number of hydrogen-bond acceptors (Lipinski definition) is 2. The highest BCUT2D eigenvalue weighted by Crippen LogP contribution is 2.31. The van der Waals surface area contributed by atoms with Crippen molar-refractivity contribution < 1.29 is 0 Å². The van der Waals surface area contributed by atoms with Gasteiger partial charge in [0.1, 0.15) is 0 Å². The highest BCUT2D eigenvalue weighted by Gasteiger charge is 2.30. The topological polar surface area (TPSA) is 15.3 Å². The summed E-state index contributed by atoms with van der Waals surface area (Å²) < 4.78 is 0. The molecule has 1 heterocycles. The molecule has 2 fully saturated rings. The van der Waals surface area contributed by atoms with Gasteiger partial charge in [0, 0.05) is 19.1 Å². The van der Waals surface area contributed by atoms with Crippen LogP contribution in [0, 0.1) is 11.3 Å². The van der Waals surface area contributed by atoms with Crippen LogP contribution >= 0.6 is 0 Å². The quantitative estimate of drug-likeness (QED) is 0.826. The number of likely N-dealkylation sites (tertiary alicyclic amines) is 1. The van der Waals surface area contributed by atoms with Gasteiger partial charge in [-0.05, 0) is 50.1 Å². The summed E-state index contributed by atoms with van der Waals surface area (Å²) in [6, 6.07) is 0.786. The molecule has 0 aromatic rings. The number of nitrogens with zero attached hydrogens (tertiary/aromatic N) is 1. The molecule has 106 valence electrons. The first-order chi connectivity index (χ1) is 8.61. The summed E-state index contributed by atoms with van der Waals surface area (Å²) in [5.74, 6) is 0.896. The van der Waals surface area contributed by atoms with Crippen molar-refractivity contribution in [2.45, 2.75) is 65.3 Å². The van der Waals surface area contributed by atoms with E-state index in [2.05, 4.69) is 31.0 Å². The molecule has 0 aromatic carbocycles. The zero-order chi connectivity index (χ0) is 13.0. The van der Waals surface area contributed by atoms with Crippen LogP contribution in [0.2, 0.25) is 0 Å². The third-order valence-corrected chi connectivity index (χ3v) is 4.85. The van der Waals surface area contributed by atoms with Crippen LogP contribution in [0.3, 0.4) is 0 Å². The van der Waals surface area contributed by atoms with E-state index in [4.69, 9.17) is 0 Å². The first-order valence-corrected chi connectivity index (χ1v) is 8.06. The third kappa shape index (κ3) is 3.96. The lowest BCUT2D eigenvalue weighted by atomic mass is 9.81. The first-order valence-electron chi connectivity index (χ1n) is 8.06. The Morgan fingerprint density at radius 3 is 2.67 bits per heavy atom. The molecule has 1 saturated heterocycles. The minimum Gasteiger partial charge on any atom is -0.314 e. The lowest BCUT2D eigenvalue weighted by molar-refractivity contribution is 0.0845. The van der Waals surface area contributed by atoms with Crippen molar-refractivity contribution in [3.05, 3.63) is 0 Å². The Labute approximate surface area is 114 Å². The van der Waals surface area contributed by atoms with Crippen LogP contribution in [0.5, 0.6) is 0 Å². The van der Waals surface area contributed by atoms with Crippen molar-refractivity contribution in [3.63, 3.8) is 0 Å². The normalized spacial score (nSPS) is 33.5. The monoisotopic (exact) mass is 252 g/mol. The van der Waals surface area contributed by atoms with Crippen LogP contribution in [-0.2, 0) is 0 Å². The molecule has 0 spiro atoms. The predicted molar refractivity (Wildman–Crippen MR) is 78.9 cm³/mol. The number of hydrogen-bond donors (Lipinski definition) is 1. The minimum absolute atomic E-state index is 0.542. The second-order valence-electron chi connectivity index (χ2n) is 7.21. The molecule has 2 heteroatoms. The summed E-state index contributed by atoms with van der Waals surface area (Å²) in [6.07, 6.45) is 8.52. The number of nitrogens with one attached hydrogen (secondary N) is 1. The van der Waals surface area contributed by atoms with E-state index in [-0.39, 0.29) is 0 Å². The Balaban J connectivity index is 1.86. The van der Waals surface area contributed by atoms with E-state index in [1.54, 1.807) is 0 Å². The molecule has 2 nitrogen and oxygen atoms in total. The first kappa shape index (κ1) is 14.3. The van der Waals surface area contributed by atoms with E-state index in [1.807, 2.05) is 0 Å². The van der Waals surface area contributed by atoms with Crippen molar-refractivity contribution in [1.29, 1.82) is 0 Å². The summed E-state index contributed by atoms with van der Waals surface area (Å²) >= 11 is 0. The van der Waals surface area contributed by atoms with Gasteiger partial charge < -0.3 is 10.2 Å². The van der Waals surface area contributed by atoms with Gasteiger partial charge in [0.05, 0.1) is 0 Å². The summed E-state index contributed by atoms with van der Waals surface area (Å²) in [7, 11) is 0. The highest BCUT2D eigenvalue weighted by atomic mass is 15.1. The average Bonchev–Trinajstić information content (AvgIpc) is 2.31. The minimum atomic E-state index is 0.542. The van der Waals surface area contributed by atoms with Crippen LogP contribution in [0.25, 0.3) is 0 Å². The predicted octanol–water partition coefficient (Wildman–Crippen LogP) is 3.28. The van der Waals surface area contributed by atoms with Crippen molar-refractivity contribution in [1.82, 2.24) is 10.2 Å². The molecule has 2 unspecified atom stereocenters. The smallest absolute Gasteiger partial charge is 0.0107 e. The molecule has 0 bridgehead atoms. The fraction of sp³-hybridized carbons (Fsp3) is 1.00. The van der Waals surface area contributed by atoms with Crippen molar-refractivity contribution in [2.75, 3.05) is 26.2 Å². The van der Waals surface area contributed by atoms with Gasteiger partial charge in [0.25, 0.3) is 0 Å². The zero-order valence-corrected chi connectivity index (χ0v) is 12.7. The highest BCUT2D eigenvalue weighted by molar-refractivity contribution is 4.86. The maximum absolute atomic E-state index is 3.72. The summed E-state index contributed by atoms with van der Waals surface area (Å²) in [5.41, 5.74) is 0.542. The molecule has 0 amide bonds. The van der Waals surface area contributed by atoms with Gasteiger partial charge in [-0.3, -0.25) is 0 Å². The third-order valence-electron chi connectivity index (χ3n) is 4.85. The summed E-state index contributed by atoms with van der Waals surface area (Å²) in [5, 5.41) is 3.72. The maximum Gasteiger partial charge on any atom is 0.0107 e. The van der Waals surface area contributed by atoms with Crippen molar-refractivity contribution >= 4 is 0 Å². The Morgan fingerprint density at radius 2 is 1.94 bits per heavy atom. The molecular weight excluding hydrogens is 220 g/mol. The Bertz CT molecular complexity index is 247. The lowest BCUT2D eigenvalue weighted by Gasteiger charge is -2.42. The summed E-state index contributed by atoms with van der Waals surface area (Å²) in [4.78, 5) is 2.74. The molecule has 2 atom stereocenters. The Hall–Kier alpha value is -0.0800. The second-order valence-corrected chi connectivity index (χ2v) is 7.21. The molecule has 2 aliphatic rings. The zero-order valence-electron chi connectivity index (χ0n) is 12.7. The Morgan fingerprint density at radius 1 is 1.17 bits per heavy atom. The maximum atomic E-state index is 3.72. The van der Waals surface area contributed by atoms with Gasteiger partial charge in [-0.25, -0.2) is 0 Å². The molecule has 18 heavy (non-hydrogen) atoms. The van der Waals surface area contributed by atoms with Crippen molar-refractivity contribution in [2.24, 2.45) is 11.3 Å². The van der Waals surface area contributed by atoms with E-state index in [9.17, 15) is 0 Å². The van der Waals surface area contributed by atoms with Crippen LogP contribution in [0.15, 0.2) is 0 Å². The fourth-order valence-electron chi connectivity index (χ4n) is 3.99. The van der Waals surface area contributed by atoms with Crippen molar-refractivity contribution in [3.8, 4) is 0 Å². The molecule has 1 N–H and O–H groups in total. The molecule has 0 aromatic heterocycles. The van der Waals surface area contributed by atoms with E-state index >= 15 is 0 Å². The van der Waals surface area contributed by atoms with E-state index in [0.29, 0.717) is 5.41 Å². The van der Waals surface area contributed by atoms with Crippen LogP contribution < -0.4 is 5.32 Å². The van der Waals surface area contributed by atoms with Gasteiger partial charge in [0.15, 0.2) is 0 Å². The van der Waals surface area contributed by atoms with Crippen LogP contribution in [0.1, 0.15) is 59.3 Å². The van der Waals surface area contributed by atoms with Gasteiger partial charge in [-0.2, -0.15) is 0 Å². The largest absolute Gasteiger partial charge is 0.314 e. The fourth-order valence-corrected chi connectivity index (χ4v) is 3.99. The van der Waals surface area contributed by atoms with E-state index in [0.717, 1.165) is 18.5 Å². The average molecular weight is 252 g/mol. The molecular formula is C16H32N2. The lowest BCUT2D eigenvalue weighted by Crippen LogP contribution is -2.48. The second kappa shape index (κ2) is 6.38. The molecule has 1 aliphatic heterocycles. The van der Waals surface area contributed by atoms with E-state index < -0.39 is 0 Å². The standard InChI is InChI=1S/C16H32N2/c1-4-17-15-9-6-5-8-14(15)12-18-11-7-10-16(2,3)13-18/h14-15,17H,4-13H2,1-3H3. The molecule has 1 aliphatic carbocycles. The van der Waals surface area contributed by atoms with Gasteiger partial charge >= 0.3 is 0 Å². The van der Waals surface area contributed by atoms with Gasteiger partial charge in [-0.1, -0.05) is 33.6 Å². The Kier molecular flexibility index (Phi) is 5.08. The van der Waals surface area contributed by atoms with Gasteiger partial charge in [0.2, 0.25) is 0 Å². The summed E-state index contributed by atoms with van der Waals surface area (Å²) in [6.45, 7) is 12.2. The van der Waals surface area contributed by atoms with Crippen LogP contribution in [0.4, 0.5) is 0 Å². The number of rotatable bonds is 4. The van der Waals surface area contributed by atoms with Gasteiger partial charge in [-0.15, -0.1) is 0 Å². The SMILES string of the molecule is CCNC1CCCCC1CN1CCCC(C)(C)C1. The molecule has 2 rings (SSSR count). The molecule has 0 radical (unpaired) electrons. The van der Waals surface area contributed by atoms with E-state index in [1.165, 1.54) is 58.2 Å². The van der Waals surface area contributed by atoms with Crippen LogP contribution in [-0.4, -0.2) is 37.1 Å². The number of piperidine rings is 1.